The minimum atomic E-state index is -3.44. The predicted octanol–water partition coefficient (Wildman–Crippen LogP) is 1.28. The number of carbonyl (C=O) groups is 1. The second-order valence-electron chi connectivity index (χ2n) is 3.93. The average Bonchev–Trinajstić information content (AvgIpc) is 1.97. The summed E-state index contributed by atoms with van der Waals surface area (Å²) in [5.41, 5.74) is 0. The first kappa shape index (κ1) is 13.2. The van der Waals surface area contributed by atoms with Crippen LogP contribution < -0.4 is 0 Å². The molecule has 82 valence electrons. The lowest BCUT2D eigenvalue weighted by atomic mass is 10.3. The Kier molecular flexibility index (Phi) is 3.88. The van der Waals surface area contributed by atoms with Gasteiger partial charge in [-0.3, -0.25) is 4.79 Å². The van der Waals surface area contributed by atoms with E-state index in [-0.39, 0.29) is 11.5 Å². The van der Waals surface area contributed by atoms with Gasteiger partial charge in [0.1, 0.15) is 6.61 Å². The summed E-state index contributed by atoms with van der Waals surface area (Å²) in [6.45, 7) is 9.06. The molecule has 0 aliphatic heterocycles. The molecule has 0 aromatic heterocycles. The minimum absolute atomic E-state index is 0.0693. The molecule has 0 unspecified atom stereocenters. The second kappa shape index (κ2) is 4.13. The fourth-order valence-electron chi connectivity index (χ4n) is 0.693. The van der Waals surface area contributed by atoms with Crippen molar-refractivity contribution in [1.82, 2.24) is 0 Å². The zero-order valence-corrected chi connectivity index (χ0v) is 9.77. The van der Waals surface area contributed by atoms with Crippen molar-refractivity contribution in [2.24, 2.45) is 0 Å². The van der Waals surface area contributed by atoms with Crippen molar-refractivity contribution >= 4 is 15.8 Å². The van der Waals surface area contributed by atoms with Crippen molar-refractivity contribution in [3.63, 3.8) is 0 Å². The number of esters is 1. The van der Waals surface area contributed by atoms with Crippen molar-refractivity contribution in [3.05, 3.63) is 11.5 Å². The first-order valence-electron chi connectivity index (χ1n) is 4.15. The largest absolute Gasteiger partial charge is 0.460 e. The first-order valence-corrected chi connectivity index (χ1v) is 5.63. The standard InChI is InChI=1S/C9H16O4S/c1-7(6-13-8(2)10)14(11,12)9(3,4)5/h1,6H2,2-5H3. The molecule has 0 aromatic rings. The van der Waals surface area contributed by atoms with E-state index in [1.165, 1.54) is 6.92 Å². The van der Waals surface area contributed by atoms with Gasteiger partial charge in [-0.25, -0.2) is 8.42 Å². The zero-order valence-electron chi connectivity index (χ0n) is 8.96. The Morgan fingerprint density at radius 2 is 1.79 bits per heavy atom. The molecule has 4 nitrogen and oxygen atoms in total. The van der Waals surface area contributed by atoms with Gasteiger partial charge in [-0.05, 0) is 20.8 Å². The van der Waals surface area contributed by atoms with Crippen LogP contribution in [-0.2, 0) is 19.4 Å². The molecule has 0 radical (unpaired) electrons. The van der Waals surface area contributed by atoms with E-state index in [0.29, 0.717) is 0 Å². The van der Waals surface area contributed by atoms with E-state index in [1.807, 2.05) is 0 Å². The molecule has 14 heavy (non-hydrogen) atoms. The van der Waals surface area contributed by atoms with E-state index in [2.05, 4.69) is 11.3 Å². The monoisotopic (exact) mass is 220 g/mol. The van der Waals surface area contributed by atoms with Gasteiger partial charge in [-0.1, -0.05) is 6.58 Å². The maximum Gasteiger partial charge on any atom is 0.302 e. The molecule has 5 heteroatoms. The molecule has 0 aliphatic carbocycles. The van der Waals surface area contributed by atoms with Crippen LogP contribution in [0.5, 0.6) is 0 Å². The summed E-state index contributed by atoms with van der Waals surface area (Å²) in [5.74, 6) is -0.518. The summed E-state index contributed by atoms with van der Waals surface area (Å²) in [6, 6.07) is 0. The van der Waals surface area contributed by atoms with Crippen LogP contribution in [0.3, 0.4) is 0 Å². The van der Waals surface area contributed by atoms with Crippen molar-refractivity contribution < 1.29 is 17.9 Å². The van der Waals surface area contributed by atoms with E-state index in [1.54, 1.807) is 20.8 Å². The molecule has 0 aliphatic rings. The molecule has 0 fully saturated rings. The third-order valence-corrected chi connectivity index (χ3v) is 4.11. The van der Waals surface area contributed by atoms with Gasteiger partial charge < -0.3 is 4.74 Å². The Morgan fingerprint density at radius 1 is 1.36 bits per heavy atom. The summed E-state index contributed by atoms with van der Waals surface area (Å²) in [5, 5.41) is 0. The minimum Gasteiger partial charge on any atom is -0.460 e. The van der Waals surface area contributed by atoms with Crippen molar-refractivity contribution in [2.45, 2.75) is 32.4 Å². The number of ether oxygens (including phenoxy) is 1. The van der Waals surface area contributed by atoms with Crippen LogP contribution >= 0.6 is 0 Å². The Labute approximate surface area is 84.9 Å². The van der Waals surface area contributed by atoms with Crippen LogP contribution in [-0.4, -0.2) is 25.7 Å². The van der Waals surface area contributed by atoms with Crippen molar-refractivity contribution in [2.75, 3.05) is 6.61 Å². The maximum atomic E-state index is 11.7. The van der Waals surface area contributed by atoms with Crippen LogP contribution in [0.2, 0.25) is 0 Å². The molecular weight excluding hydrogens is 204 g/mol. The molecule has 0 spiro atoms. The van der Waals surface area contributed by atoms with Gasteiger partial charge in [0, 0.05) is 6.92 Å². The van der Waals surface area contributed by atoms with Gasteiger partial charge in [0.2, 0.25) is 0 Å². The molecule has 0 aromatic carbocycles. The lowest BCUT2D eigenvalue weighted by molar-refractivity contribution is -0.139. The third kappa shape index (κ3) is 3.14. The normalized spacial score (nSPS) is 12.3. The van der Waals surface area contributed by atoms with E-state index < -0.39 is 20.6 Å². The lowest BCUT2D eigenvalue weighted by Crippen LogP contribution is -2.30. The molecule has 0 bridgehead atoms. The average molecular weight is 220 g/mol. The van der Waals surface area contributed by atoms with Gasteiger partial charge in [0.25, 0.3) is 0 Å². The molecule has 0 atom stereocenters. The number of hydrogen-bond acceptors (Lipinski definition) is 4. The lowest BCUT2D eigenvalue weighted by Gasteiger charge is -2.20. The molecule has 0 rings (SSSR count). The van der Waals surface area contributed by atoms with Gasteiger partial charge in [-0.15, -0.1) is 0 Å². The molecule has 0 saturated carbocycles. The SMILES string of the molecule is C=C(COC(C)=O)S(=O)(=O)C(C)(C)C. The molecule has 0 N–H and O–H groups in total. The number of hydrogen-bond donors (Lipinski definition) is 0. The smallest absolute Gasteiger partial charge is 0.302 e. The van der Waals surface area contributed by atoms with E-state index in [0.717, 1.165) is 0 Å². The predicted molar refractivity (Wildman–Crippen MR) is 54.4 cm³/mol. The summed E-state index contributed by atoms with van der Waals surface area (Å²) in [6.07, 6.45) is 0. The van der Waals surface area contributed by atoms with Crippen LogP contribution in [0, 0.1) is 0 Å². The summed E-state index contributed by atoms with van der Waals surface area (Å²) in [4.78, 5) is 10.4. The fraction of sp³-hybridized carbons (Fsp3) is 0.667. The molecule has 0 saturated heterocycles. The van der Waals surface area contributed by atoms with Gasteiger partial charge in [0.15, 0.2) is 9.84 Å². The highest BCUT2D eigenvalue weighted by molar-refractivity contribution is 7.96. The number of sulfone groups is 1. The Morgan fingerprint density at radius 3 is 2.07 bits per heavy atom. The van der Waals surface area contributed by atoms with E-state index in [9.17, 15) is 13.2 Å². The maximum absolute atomic E-state index is 11.7. The Balaban J connectivity index is 4.64. The second-order valence-corrected chi connectivity index (χ2v) is 6.74. The van der Waals surface area contributed by atoms with E-state index >= 15 is 0 Å². The third-order valence-electron chi connectivity index (χ3n) is 1.62. The van der Waals surface area contributed by atoms with Crippen LogP contribution in [0.15, 0.2) is 11.5 Å². The van der Waals surface area contributed by atoms with Crippen molar-refractivity contribution in [3.8, 4) is 0 Å². The Hall–Kier alpha value is -0.840. The van der Waals surface area contributed by atoms with Crippen LogP contribution in [0.4, 0.5) is 0 Å². The van der Waals surface area contributed by atoms with Crippen LogP contribution in [0.1, 0.15) is 27.7 Å². The molecular formula is C9H16O4S. The fourth-order valence-corrected chi connectivity index (χ4v) is 1.77. The van der Waals surface area contributed by atoms with E-state index in [4.69, 9.17) is 0 Å². The summed E-state index contributed by atoms with van der Waals surface area (Å²) < 4.78 is 27.0. The summed E-state index contributed by atoms with van der Waals surface area (Å²) >= 11 is 0. The molecule has 0 amide bonds. The summed E-state index contributed by atoms with van der Waals surface area (Å²) in [7, 11) is -3.44. The quantitative estimate of drug-likeness (QED) is 0.672. The zero-order chi connectivity index (χ0) is 11.6. The Bertz CT molecular complexity index is 332. The number of rotatable bonds is 3. The van der Waals surface area contributed by atoms with Gasteiger partial charge in [0.05, 0.1) is 9.65 Å². The van der Waals surface area contributed by atoms with Gasteiger partial charge in [-0.2, -0.15) is 0 Å². The highest BCUT2D eigenvalue weighted by Gasteiger charge is 2.31. The topological polar surface area (TPSA) is 60.4 Å². The highest BCUT2D eigenvalue weighted by atomic mass is 32.2. The molecule has 0 heterocycles. The first-order chi connectivity index (χ1) is 6.09. The van der Waals surface area contributed by atoms with Crippen molar-refractivity contribution in [1.29, 1.82) is 0 Å². The number of carbonyl (C=O) groups excluding carboxylic acids is 1. The highest BCUT2D eigenvalue weighted by Crippen LogP contribution is 2.22. The van der Waals surface area contributed by atoms with Crippen LogP contribution in [0.25, 0.3) is 0 Å². The van der Waals surface area contributed by atoms with Gasteiger partial charge >= 0.3 is 5.97 Å².